The summed E-state index contributed by atoms with van der Waals surface area (Å²) in [6.45, 7) is 5.35. The van der Waals surface area contributed by atoms with Crippen molar-refractivity contribution in [3.05, 3.63) is 88.6 Å². The Morgan fingerprint density at radius 3 is 2.30 bits per heavy atom. The second kappa shape index (κ2) is 10.6. The highest BCUT2D eigenvalue weighted by Gasteiger charge is 2.25. The number of halogens is 1. The number of aromatic nitrogens is 1. The van der Waals surface area contributed by atoms with E-state index in [-0.39, 0.29) is 11.8 Å². The van der Waals surface area contributed by atoms with Gasteiger partial charge in [-0.25, -0.2) is 4.98 Å². The van der Waals surface area contributed by atoms with Crippen LogP contribution < -0.4 is 0 Å². The first-order valence-electron chi connectivity index (χ1n) is 11.0. The highest BCUT2D eigenvalue weighted by molar-refractivity contribution is 6.31. The van der Waals surface area contributed by atoms with Gasteiger partial charge in [-0.2, -0.15) is 0 Å². The lowest BCUT2D eigenvalue weighted by atomic mass is 10.1. The zero-order chi connectivity index (χ0) is 23.2. The van der Waals surface area contributed by atoms with Gasteiger partial charge in [0.2, 0.25) is 11.8 Å². The summed E-state index contributed by atoms with van der Waals surface area (Å²) in [6.07, 6.45) is 1.42. The van der Waals surface area contributed by atoms with Crippen LogP contribution in [0.5, 0.6) is 0 Å². The molecule has 8 heteroatoms. The van der Waals surface area contributed by atoms with Gasteiger partial charge in [-0.15, -0.1) is 0 Å². The minimum Gasteiger partial charge on any atom is -0.447 e. The quantitative estimate of drug-likeness (QED) is 0.529. The zero-order valence-corrected chi connectivity index (χ0v) is 19.4. The average Bonchev–Trinajstić information content (AvgIpc) is 3.29. The van der Waals surface area contributed by atoms with Crippen LogP contribution in [0, 0.1) is 0 Å². The number of hydrogen-bond donors (Lipinski definition) is 0. The molecule has 0 atom stereocenters. The Kier molecular flexibility index (Phi) is 7.42. The molecule has 1 fully saturated rings. The van der Waals surface area contributed by atoms with Crippen LogP contribution in [-0.2, 0) is 24.4 Å². The van der Waals surface area contributed by atoms with Crippen LogP contribution in [0.15, 0.2) is 65.3 Å². The van der Waals surface area contributed by atoms with Gasteiger partial charge >= 0.3 is 0 Å². The summed E-state index contributed by atoms with van der Waals surface area (Å²) in [5.41, 5.74) is 2.47. The van der Waals surface area contributed by atoms with E-state index >= 15 is 0 Å². The van der Waals surface area contributed by atoms with Gasteiger partial charge in [0.1, 0.15) is 6.26 Å². The Morgan fingerprint density at radius 1 is 0.939 bits per heavy atom. The number of amides is 2. The maximum atomic E-state index is 12.9. The number of oxazole rings is 1. The van der Waals surface area contributed by atoms with Gasteiger partial charge in [-0.1, -0.05) is 60.1 Å². The third kappa shape index (κ3) is 6.00. The van der Waals surface area contributed by atoms with Gasteiger partial charge in [0.05, 0.1) is 6.54 Å². The largest absolute Gasteiger partial charge is 0.447 e. The monoisotopic (exact) mass is 466 g/mol. The number of benzene rings is 2. The summed E-state index contributed by atoms with van der Waals surface area (Å²) in [6, 6.07) is 17.9. The Balaban J connectivity index is 1.45. The van der Waals surface area contributed by atoms with Crippen LogP contribution >= 0.6 is 11.6 Å². The van der Waals surface area contributed by atoms with Gasteiger partial charge < -0.3 is 14.2 Å². The van der Waals surface area contributed by atoms with E-state index in [9.17, 15) is 9.59 Å². The molecule has 2 aromatic carbocycles. The fraction of sp³-hybridized carbons (Fsp3) is 0.320. The number of nitrogens with zero attached hydrogens (tertiary/aromatic N) is 4. The molecule has 1 aliphatic rings. The Hall–Kier alpha value is -3.16. The molecule has 7 nitrogen and oxygen atoms in total. The number of carbonyl (C=O) groups excluding carboxylic acids is 2. The summed E-state index contributed by atoms with van der Waals surface area (Å²) in [5, 5.41) is 0.712. The number of rotatable bonds is 7. The van der Waals surface area contributed by atoms with E-state index in [1.54, 1.807) is 16.7 Å². The molecule has 172 valence electrons. The van der Waals surface area contributed by atoms with Crippen molar-refractivity contribution in [2.24, 2.45) is 0 Å². The first-order valence-corrected chi connectivity index (χ1v) is 11.4. The van der Waals surface area contributed by atoms with E-state index in [1.807, 2.05) is 42.5 Å². The molecule has 1 aliphatic heterocycles. The highest BCUT2D eigenvalue weighted by atomic mass is 35.5. The maximum Gasteiger partial charge on any atom is 0.275 e. The van der Waals surface area contributed by atoms with Crippen LogP contribution in [0.25, 0.3) is 0 Å². The van der Waals surface area contributed by atoms with Crippen molar-refractivity contribution < 1.29 is 14.0 Å². The predicted octanol–water partition coefficient (Wildman–Crippen LogP) is 3.83. The van der Waals surface area contributed by atoms with Crippen LogP contribution in [0.4, 0.5) is 0 Å². The van der Waals surface area contributed by atoms with Crippen LogP contribution in [0.3, 0.4) is 0 Å². The molecule has 4 rings (SSSR count). The minimum absolute atomic E-state index is 0.0304. The van der Waals surface area contributed by atoms with Crippen molar-refractivity contribution in [3.63, 3.8) is 0 Å². The molecule has 3 aromatic rings. The van der Waals surface area contributed by atoms with Gasteiger partial charge in [-0.05, 0) is 17.2 Å². The molecule has 1 saturated heterocycles. The SMILES string of the molecule is CC(=O)N1CCN(C(=O)c2coc(CN(Cc3ccccc3)Cc3ccccc3Cl)n2)CC1. The van der Waals surface area contributed by atoms with Gasteiger partial charge in [0.25, 0.3) is 5.91 Å². The first-order chi connectivity index (χ1) is 16.0. The molecule has 33 heavy (non-hydrogen) atoms. The van der Waals surface area contributed by atoms with Gasteiger partial charge in [0, 0.05) is 51.2 Å². The fourth-order valence-electron chi connectivity index (χ4n) is 3.94. The number of hydrogen-bond acceptors (Lipinski definition) is 5. The van der Waals surface area contributed by atoms with Crippen molar-refractivity contribution in [1.29, 1.82) is 0 Å². The molecule has 2 amide bonds. The molecule has 0 N–H and O–H groups in total. The smallest absolute Gasteiger partial charge is 0.275 e. The lowest BCUT2D eigenvalue weighted by Crippen LogP contribution is -2.50. The zero-order valence-electron chi connectivity index (χ0n) is 18.6. The van der Waals surface area contributed by atoms with E-state index < -0.39 is 0 Å². The van der Waals surface area contributed by atoms with Crippen molar-refractivity contribution in [2.75, 3.05) is 26.2 Å². The van der Waals surface area contributed by atoms with Crippen molar-refractivity contribution in [2.45, 2.75) is 26.6 Å². The molecular formula is C25H27ClN4O3. The Morgan fingerprint density at radius 2 is 1.61 bits per heavy atom. The normalized spacial score (nSPS) is 14.0. The summed E-state index contributed by atoms with van der Waals surface area (Å²) >= 11 is 6.40. The van der Waals surface area contributed by atoms with Gasteiger partial charge in [-0.3, -0.25) is 14.5 Å². The second-order valence-electron chi connectivity index (χ2n) is 8.15. The topological polar surface area (TPSA) is 69.9 Å². The molecule has 0 unspecified atom stereocenters. The second-order valence-corrected chi connectivity index (χ2v) is 8.55. The first kappa shape index (κ1) is 23.0. The van der Waals surface area contributed by atoms with Crippen LogP contribution in [-0.4, -0.2) is 57.7 Å². The third-order valence-corrected chi connectivity index (χ3v) is 6.11. The Bertz CT molecular complexity index is 1090. The van der Waals surface area contributed by atoms with Crippen LogP contribution in [0.2, 0.25) is 5.02 Å². The molecule has 0 bridgehead atoms. The lowest BCUT2D eigenvalue weighted by Gasteiger charge is -2.33. The molecule has 0 aliphatic carbocycles. The minimum atomic E-state index is -0.172. The van der Waals surface area contributed by atoms with E-state index in [2.05, 4.69) is 22.0 Å². The maximum absolute atomic E-state index is 12.9. The summed E-state index contributed by atoms with van der Waals surface area (Å²) in [5.74, 6) is 0.334. The highest BCUT2D eigenvalue weighted by Crippen LogP contribution is 2.20. The van der Waals surface area contributed by atoms with E-state index in [1.165, 1.54) is 6.26 Å². The predicted molar refractivity (Wildman–Crippen MR) is 126 cm³/mol. The lowest BCUT2D eigenvalue weighted by molar-refractivity contribution is -0.130. The van der Waals surface area contributed by atoms with Crippen molar-refractivity contribution in [1.82, 2.24) is 19.7 Å². The third-order valence-electron chi connectivity index (χ3n) is 5.74. The molecule has 2 heterocycles. The molecule has 0 spiro atoms. The number of piperazine rings is 1. The van der Waals surface area contributed by atoms with Crippen LogP contribution in [0.1, 0.15) is 34.4 Å². The molecule has 1 aromatic heterocycles. The fourth-order valence-corrected chi connectivity index (χ4v) is 4.13. The molecule has 0 radical (unpaired) electrons. The summed E-state index contributed by atoms with van der Waals surface area (Å²) in [4.78, 5) is 34.5. The molecular weight excluding hydrogens is 440 g/mol. The van der Waals surface area contributed by atoms with Crippen molar-refractivity contribution in [3.8, 4) is 0 Å². The van der Waals surface area contributed by atoms with E-state index in [0.717, 1.165) is 11.1 Å². The summed E-state index contributed by atoms with van der Waals surface area (Å²) in [7, 11) is 0. The Labute approximate surface area is 198 Å². The van der Waals surface area contributed by atoms with E-state index in [0.29, 0.717) is 62.4 Å². The standard InChI is InChI=1S/C25H27ClN4O3/c1-19(31)29-11-13-30(14-12-29)25(32)23-18-33-24(27-23)17-28(15-20-7-3-2-4-8-20)16-21-9-5-6-10-22(21)26/h2-10,18H,11-17H2,1H3. The molecule has 0 saturated carbocycles. The average molecular weight is 467 g/mol. The number of carbonyl (C=O) groups is 2. The summed E-state index contributed by atoms with van der Waals surface area (Å²) < 4.78 is 5.67. The van der Waals surface area contributed by atoms with Crippen molar-refractivity contribution >= 4 is 23.4 Å². The van der Waals surface area contributed by atoms with Gasteiger partial charge in [0.15, 0.2) is 5.69 Å². The van der Waals surface area contributed by atoms with E-state index in [4.69, 9.17) is 16.0 Å².